The lowest BCUT2D eigenvalue weighted by molar-refractivity contribution is 1.10. The summed E-state index contributed by atoms with van der Waals surface area (Å²) in [5.41, 5.74) is 4.16. The van der Waals surface area contributed by atoms with Crippen LogP contribution < -0.4 is 9.80 Å². The number of rotatable bonds is 6. The standard InChI is InChI=1S/C32H24N2/c1-3-20-33(31-18-16-25-10-5-7-12-27(25)22-31)29-14-9-15-30(24-29)34(21-4-2)32-19-17-26-11-6-8-13-28(26)23-32/h1-2,5-19,22-24H,20-21H2. The van der Waals surface area contributed by atoms with Crippen molar-refractivity contribution in [1.29, 1.82) is 0 Å². The molecule has 0 aliphatic heterocycles. The largest absolute Gasteiger partial charge is 0.330 e. The van der Waals surface area contributed by atoms with Gasteiger partial charge in [-0.15, -0.1) is 12.8 Å². The Hall–Kier alpha value is -4.66. The molecule has 5 aromatic rings. The molecule has 0 amide bonds. The Bertz CT molecular complexity index is 1440. The van der Waals surface area contributed by atoms with Crippen LogP contribution in [0.4, 0.5) is 22.7 Å². The van der Waals surface area contributed by atoms with Gasteiger partial charge in [0.2, 0.25) is 0 Å². The van der Waals surface area contributed by atoms with Crippen LogP contribution in [-0.4, -0.2) is 13.1 Å². The number of anilines is 4. The van der Waals surface area contributed by atoms with E-state index < -0.39 is 0 Å². The minimum absolute atomic E-state index is 0.465. The lowest BCUT2D eigenvalue weighted by atomic mass is 10.1. The average molecular weight is 437 g/mol. The first kappa shape index (κ1) is 21.2. The van der Waals surface area contributed by atoms with E-state index in [0.717, 1.165) is 22.7 Å². The molecule has 0 N–H and O–H groups in total. The molecule has 2 heteroatoms. The second-order valence-electron chi connectivity index (χ2n) is 8.16. The highest BCUT2D eigenvalue weighted by Gasteiger charge is 2.14. The summed E-state index contributed by atoms with van der Waals surface area (Å²) in [5.74, 6) is 5.64. The molecule has 0 saturated heterocycles. The van der Waals surface area contributed by atoms with Gasteiger partial charge in [-0.3, -0.25) is 0 Å². The van der Waals surface area contributed by atoms with Crippen molar-refractivity contribution < 1.29 is 0 Å². The smallest absolute Gasteiger partial charge is 0.0840 e. The zero-order valence-electron chi connectivity index (χ0n) is 18.9. The number of nitrogens with zero attached hydrogens (tertiary/aromatic N) is 2. The Morgan fingerprint density at radius 1 is 0.441 bits per heavy atom. The summed E-state index contributed by atoms with van der Waals surface area (Å²) in [4.78, 5) is 4.31. The predicted molar refractivity (Wildman–Crippen MR) is 146 cm³/mol. The van der Waals surface area contributed by atoms with Gasteiger partial charge < -0.3 is 9.80 Å². The Labute approximate surface area is 201 Å². The summed E-state index contributed by atoms with van der Waals surface area (Å²) < 4.78 is 0. The highest BCUT2D eigenvalue weighted by molar-refractivity contribution is 5.88. The Balaban J connectivity index is 1.56. The third kappa shape index (κ3) is 4.18. The van der Waals surface area contributed by atoms with Gasteiger partial charge in [0.05, 0.1) is 13.1 Å². The van der Waals surface area contributed by atoms with Gasteiger partial charge in [0, 0.05) is 22.7 Å². The molecule has 34 heavy (non-hydrogen) atoms. The molecule has 0 radical (unpaired) electrons. The molecular formula is C32H24N2. The number of benzene rings is 5. The molecule has 5 aromatic carbocycles. The first-order chi connectivity index (χ1) is 16.8. The maximum Gasteiger partial charge on any atom is 0.0840 e. The van der Waals surface area contributed by atoms with E-state index in [1.807, 2.05) is 0 Å². The van der Waals surface area contributed by atoms with Crippen molar-refractivity contribution in [3.63, 3.8) is 0 Å². The molecule has 0 spiro atoms. The number of fused-ring (bicyclic) bond motifs is 2. The van der Waals surface area contributed by atoms with Gasteiger partial charge in [0.15, 0.2) is 0 Å². The predicted octanol–water partition coefficient (Wildman–Crippen LogP) is 7.54. The van der Waals surface area contributed by atoms with Gasteiger partial charge in [-0.05, 0) is 64.0 Å². The van der Waals surface area contributed by atoms with Crippen molar-refractivity contribution in [2.24, 2.45) is 0 Å². The maximum atomic E-state index is 5.78. The fourth-order valence-corrected chi connectivity index (χ4v) is 4.36. The van der Waals surface area contributed by atoms with Crippen LogP contribution in [0.2, 0.25) is 0 Å². The number of terminal acetylenes is 2. The van der Waals surface area contributed by atoms with Crippen LogP contribution in [0.25, 0.3) is 21.5 Å². The SMILES string of the molecule is C#CCN(c1cccc(N(CC#C)c2ccc3ccccc3c2)c1)c1ccc2ccccc2c1. The lowest BCUT2D eigenvalue weighted by Crippen LogP contribution is -2.20. The van der Waals surface area contributed by atoms with E-state index in [2.05, 4.69) is 131 Å². The molecule has 0 fully saturated rings. The van der Waals surface area contributed by atoms with Gasteiger partial charge in [-0.1, -0.05) is 78.6 Å². The molecule has 0 unspecified atom stereocenters. The third-order valence-electron chi connectivity index (χ3n) is 6.04. The van der Waals surface area contributed by atoms with Crippen molar-refractivity contribution in [3.8, 4) is 24.7 Å². The van der Waals surface area contributed by atoms with Crippen molar-refractivity contribution in [1.82, 2.24) is 0 Å². The first-order valence-corrected chi connectivity index (χ1v) is 11.3. The summed E-state index contributed by atoms with van der Waals surface area (Å²) in [5, 5.41) is 4.78. The molecule has 0 aromatic heterocycles. The number of hydrogen-bond acceptors (Lipinski definition) is 2. The third-order valence-corrected chi connectivity index (χ3v) is 6.04. The van der Waals surface area contributed by atoms with Gasteiger partial charge >= 0.3 is 0 Å². The molecule has 2 nitrogen and oxygen atoms in total. The molecular weight excluding hydrogens is 412 g/mol. The van der Waals surface area contributed by atoms with E-state index in [0.29, 0.717) is 13.1 Å². The van der Waals surface area contributed by atoms with Crippen LogP contribution in [0.3, 0.4) is 0 Å². The van der Waals surface area contributed by atoms with E-state index in [9.17, 15) is 0 Å². The minimum Gasteiger partial charge on any atom is -0.330 e. The van der Waals surface area contributed by atoms with Crippen LogP contribution in [0.5, 0.6) is 0 Å². The van der Waals surface area contributed by atoms with Gasteiger partial charge in [-0.2, -0.15) is 0 Å². The second kappa shape index (κ2) is 9.45. The Morgan fingerprint density at radius 2 is 0.853 bits per heavy atom. The first-order valence-electron chi connectivity index (χ1n) is 11.3. The minimum atomic E-state index is 0.465. The highest BCUT2D eigenvalue weighted by atomic mass is 15.2. The molecule has 0 bridgehead atoms. The highest BCUT2D eigenvalue weighted by Crippen LogP contribution is 2.34. The molecule has 5 rings (SSSR count). The molecule has 0 aliphatic carbocycles. The van der Waals surface area contributed by atoms with Crippen LogP contribution in [0.15, 0.2) is 109 Å². The number of hydrogen-bond donors (Lipinski definition) is 0. The maximum absolute atomic E-state index is 5.78. The van der Waals surface area contributed by atoms with E-state index >= 15 is 0 Å². The van der Waals surface area contributed by atoms with Crippen molar-refractivity contribution in [3.05, 3.63) is 109 Å². The van der Waals surface area contributed by atoms with Crippen molar-refractivity contribution >= 4 is 44.3 Å². The van der Waals surface area contributed by atoms with Crippen molar-refractivity contribution in [2.75, 3.05) is 22.9 Å². The summed E-state index contributed by atoms with van der Waals surface area (Å²) >= 11 is 0. The monoisotopic (exact) mass is 436 g/mol. The zero-order valence-corrected chi connectivity index (χ0v) is 18.9. The quantitative estimate of drug-likeness (QED) is 0.254. The van der Waals surface area contributed by atoms with E-state index in [1.54, 1.807) is 0 Å². The van der Waals surface area contributed by atoms with Crippen LogP contribution in [0, 0.1) is 24.7 Å². The summed E-state index contributed by atoms with van der Waals surface area (Å²) in [6, 6.07) is 38.0. The van der Waals surface area contributed by atoms with Crippen LogP contribution in [-0.2, 0) is 0 Å². The van der Waals surface area contributed by atoms with Gasteiger partial charge in [0.25, 0.3) is 0 Å². The molecule has 0 atom stereocenters. The topological polar surface area (TPSA) is 6.48 Å². The second-order valence-corrected chi connectivity index (χ2v) is 8.16. The Morgan fingerprint density at radius 3 is 1.29 bits per heavy atom. The lowest BCUT2D eigenvalue weighted by Gasteiger charge is -2.27. The molecule has 162 valence electrons. The summed E-state index contributed by atoms with van der Waals surface area (Å²) in [7, 11) is 0. The van der Waals surface area contributed by atoms with Crippen molar-refractivity contribution in [2.45, 2.75) is 0 Å². The molecule has 0 aliphatic rings. The summed E-state index contributed by atoms with van der Waals surface area (Å²) in [6.07, 6.45) is 11.6. The average Bonchev–Trinajstić information content (AvgIpc) is 2.90. The fourth-order valence-electron chi connectivity index (χ4n) is 4.36. The normalized spacial score (nSPS) is 10.5. The van der Waals surface area contributed by atoms with E-state index in [-0.39, 0.29) is 0 Å². The van der Waals surface area contributed by atoms with Gasteiger partial charge in [0.1, 0.15) is 0 Å². The van der Waals surface area contributed by atoms with E-state index in [1.165, 1.54) is 21.5 Å². The Kier molecular flexibility index (Phi) is 5.89. The molecule has 0 heterocycles. The zero-order chi connectivity index (χ0) is 23.3. The van der Waals surface area contributed by atoms with Crippen LogP contribution in [0.1, 0.15) is 0 Å². The molecule has 0 saturated carbocycles. The van der Waals surface area contributed by atoms with Crippen LogP contribution >= 0.6 is 0 Å². The van der Waals surface area contributed by atoms with E-state index in [4.69, 9.17) is 12.8 Å². The van der Waals surface area contributed by atoms with Gasteiger partial charge in [-0.25, -0.2) is 0 Å². The summed E-state index contributed by atoms with van der Waals surface area (Å²) in [6.45, 7) is 0.930. The fraction of sp³-hybridized carbons (Fsp3) is 0.0625.